The Morgan fingerprint density at radius 2 is 1.94 bits per heavy atom. The van der Waals surface area contributed by atoms with Gasteiger partial charge in [0.1, 0.15) is 0 Å². The molecule has 2 nitrogen and oxygen atoms in total. The number of nitrogens with zero attached hydrogens (tertiary/aromatic N) is 1. The van der Waals surface area contributed by atoms with Crippen molar-refractivity contribution < 1.29 is 0 Å². The summed E-state index contributed by atoms with van der Waals surface area (Å²) >= 11 is 6.10. The molecule has 0 spiro atoms. The van der Waals surface area contributed by atoms with Gasteiger partial charge in [0.15, 0.2) is 0 Å². The minimum absolute atomic E-state index is 0.385. The molecule has 1 atom stereocenters. The fraction of sp³-hybridized carbons (Fsp3) is 0.267. The van der Waals surface area contributed by atoms with Crippen molar-refractivity contribution in [3.05, 3.63) is 64.9 Å². The van der Waals surface area contributed by atoms with E-state index in [1.807, 2.05) is 12.1 Å². The molecule has 18 heavy (non-hydrogen) atoms. The Labute approximate surface area is 113 Å². The molecule has 0 saturated heterocycles. The topological polar surface area (TPSA) is 38.9 Å². The predicted molar refractivity (Wildman–Crippen MR) is 75.8 cm³/mol. The van der Waals surface area contributed by atoms with Gasteiger partial charge in [-0.05, 0) is 42.5 Å². The van der Waals surface area contributed by atoms with Crippen molar-refractivity contribution in [3.8, 4) is 0 Å². The maximum atomic E-state index is 6.10. The molecule has 0 saturated carbocycles. The summed E-state index contributed by atoms with van der Waals surface area (Å²) in [5, 5.41) is 0.737. The number of rotatable bonds is 5. The molecule has 0 amide bonds. The monoisotopic (exact) mass is 260 g/mol. The van der Waals surface area contributed by atoms with Crippen molar-refractivity contribution in [1.29, 1.82) is 0 Å². The summed E-state index contributed by atoms with van der Waals surface area (Å²) in [5.74, 6) is 0.385. The average Bonchev–Trinajstić information content (AvgIpc) is 2.42. The molecule has 0 aliphatic heterocycles. The zero-order chi connectivity index (χ0) is 12.8. The van der Waals surface area contributed by atoms with Crippen molar-refractivity contribution in [2.24, 2.45) is 5.73 Å². The van der Waals surface area contributed by atoms with Crippen LogP contribution in [-0.2, 0) is 6.42 Å². The van der Waals surface area contributed by atoms with Gasteiger partial charge < -0.3 is 5.73 Å². The molecule has 0 aliphatic carbocycles. The molecular weight excluding hydrogens is 244 g/mol. The Bertz CT molecular complexity index is 485. The normalized spacial score (nSPS) is 12.3. The summed E-state index contributed by atoms with van der Waals surface area (Å²) < 4.78 is 0. The Balaban J connectivity index is 2.02. The number of nitrogens with two attached hydrogens (primary N) is 1. The Hall–Kier alpha value is -1.38. The van der Waals surface area contributed by atoms with Gasteiger partial charge in [-0.25, -0.2) is 0 Å². The van der Waals surface area contributed by atoms with Gasteiger partial charge in [-0.3, -0.25) is 4.98 Å². The summed E-state index contributed by atoms with van der Waals surface area (Å²) in [6, 6.07) is 12.4. The third-order valence-electron chi connectivity index (χ3n) is 3.17. The SMILES string of the molecule is NCC(CCc1ccncc1Cl)c1ccccc1. The number of aryl methyl sites for hydroxylation is 1. The highest BCUT2D eigenvalue weighted by molar-refractivity contribution is 6.31. The minimum Gasteiger partial charge on any atom is -0.330 e. The molecule has 1 unspecified atom stereocenters. The van der Waals surface area contributed by atoms with Crippen LogP contribution in [0.4, 0.5) is 0 Å². The molecule has 2 aromatic rings. The lowest BCUT2D eigenvalue weighted by Crippen LogP contribution is -2.13. The molecule has 1 aromatic carbocycles. The van der Waals surface area contributed by atoms with Crippen molar-refractivity contribution in [2.45, 2.75) is 18.8 Å². The van der Waals surface area contributed by atoms with Crippen LogP contribution < -0.4 is 5.73 Å². The van der Waals surface area contributed by atoms with Crippen LogP contribution in [0, 0.1) is 0 Å². The van der Waals surface area contributed by atoms with Crippen molar-refractivity contribution in [1.82, 2.24) is 4.98 Å². The second-order valence-electron chi connectivity index (χ2n) is 4.35. The van der Waals surface area contributed by atoms with Gasteiger partial charge in [0.25, 0.3) is 0 Å². The standard InChI is InChI=1S/C15H17ClN2/c16-15-11-18-9-8-13(15)6-7-14(10-17)12-4-2-1-3-5-12/h1-5,8-9,11,14H,6-7,10,17H2. The van der Waals surface area contributed by atoms with Crippen LogP contribution in [0.1, 0.15) is 23.5 Å². The van der Waals surface area contributed by atoms with Gasteiger partial charge >= 0.3 is 0 Å². The van der Waals surface area contributed by atoms with E-state index < -0.39 is 0 Å². The van der Waals surface area contributed by atoms with E-state index >= 15 is 0 Å². The smallest absolute Gasteiger partial charge is 0.0621 e. The molecule has 0 bridgehead atoms. The molecule has 0 aliphatic rings. The van der Waals surface area contributed by atoms with Gasteiger partial charge in [-0.1, -0.05) is 41.9 Å². The summed E-state index contributed by atoms with van der Waals surface area (Å²) in [6.07, 6.45) is 5.40. The third kappa shape index (κ3) is 3.31. The summed E-state index contributed by atoms with van der Waals surface area (Å²) in [7, 11) is 0. The van der Waals surface area contributed by atoms with Crippen LogP contribution in [0.2, 0.25) is 5.02 Å². The lowest BCUT2D eigenvalue weighted by molar-refractivity contribution is 0.633. The summed E-state index contributed by atoms with van der Waals surface area (Å²) in [5.41, 5.74) is 8.30. The van der Waals surface area contributed by atoms with Crippen LogP contribution in [-0.4, -0.2) is 11.5 Å². The Morgan fingerprint density at radius 3 is 2.61 bits per heavy atom. The minimum atomic E-state index is 0.385. The lowest BCUT2D eigenvalue weighted by atomic mass is 9.93. The van der Waals surface area contributed by atoms with E-state index in [1.165, 1.54) is 5.56 Å². The molecule has 1 heterocycles. The van der Waals surface area contributed by atoms with E-state index in [0.29, 0.717) is 12.5 Å². The molecule has 3 heteroatoms. The average molecular weight is 261 g/mol. The van der Waals surface area contributed by atoms with Crippen LogP contribution in [0.5, 0.6) is 0 Å². The number of halogens is 1. The fourth-order valence-corrected chi connectivity index (χ4v) is 2.30. The molecule has 2 rings (SSSR count). The fourth-order valence-electron chi connectivity index (χ4n) is 2.08. The number of aromatic nitrogens is 1. The zero-order valence-electron chi connectivity index (χ0n) is 10.2. The predicted octanol–water partition coefficient (Wildman–Crippen LogP) is 3.41. The maximum absolute atomic E-state index is 6.10. The molecule has 2 N–H and O–H groups in total. The van der Waals surface area contributed by atoms with Gasteiger partial charge in [0.2, 0.25) is 0 Å². The highest BCUT2D eigenvalue weighted by atomic mass is 35.5. The number of hydrogen-bond donors (Lipinski definition) is 1. The van der Waals surface area contributed by atoms with Gasteiger partial charge in [-0.2, -0.15) is 0 Å². The van der Waals surface area contributed by atoms with Gasteiger partial charge in [0.05, 0.1) is 5.02 Å². The number of hydrogen-bond acceptors (Lipinski definition) is 2. The van der Waals surface area contributed by atoms with Crippen LogP contribution in [0.15, 0.2) is 48.8 Å². The highest BCUT2D eigenvalue weighted by Gasteiger charge is 2.10. The summed E-state index contributed by atoms with van der Waals surface area (Å²) in [6.45, 7) is 0.659. The first-order valence-corrected chi connectivity index (χ1v) is 6.52. The number of pyridine rings is 1. The summed E-state index contributed by atoms with van der Waals surface area (Å²) in [4.78, 5) is 3.99. The third-order valence-corrected chi connectivity index (χ3v) is 3.51. The van der Waals surface area contributed by atoms with Crippen LogP contribution in [0.3, 0.4) is 0 Å². The Kier molecular flexibility index (Phi) is 4.73. The van der Waals surface area contributed by atoms with Gasteiger partial charge in [-0.15, -0.1) is 0 Å². The zero-order valence-corrected chi connectivity index (χ0v) is 11.0. The van der Waals surface area contributed by atoms with E-state index in [-0.39, 0.29) is 0 Å². The molecule has 1 aromatic heterocycles. The highest BCUT2D eigenvalue weighted by Crippen LogP contribution is 2.23. The largest absolute Gasteiger partial charge is 0.330 e. The van der Waals surface area contributed by atoms with E-state index in [1.54, 1.807) is 12.4 Å². The Morgan fingerprint density at radius 1 is 1.17 bits per heavy atom. The molecule has 0 radical (unpaired) electrons. The second kappa shape index (κ2) is 6.53. The maximum Gasteiger partial charge on any atom is 0.0621 e. The van der Waals surface area contributed by atoms with Crippen molar-refractivity contribution in [2.75, 3.05) is 6.54 Å². The lowest BCUT2D eigenvalue weighted by Gasteiger charge is -2.15. The number of benzene rings is 1. The van der Waals surface area contributed by atoms with Crippen molar-refractivity contribution >= 4 is 11.6 Å². The molecule has 0 fully saturated rings. The van der Waals surface area contributed by atoms with E-state index in [4.69, 9.17) is 17.3 Å². The molecule has 94 valence electrons. The molecular formula is C15H17ClN2. The van der Waals surface area contributed by atoms with Gasteiger partial charge in [0, 0.05) is 12.4 Å². The van der Waals surface area contributed by atoms with Crippen LogP contribution in [0.25, 0.3) is 0 Å². The van der Waals surface area contributed by atoms with E-state index in [2.05, 4.69) is 29.2 Å². The second-order valence-corrected chi connectivity index (χ2v) is 4.76. The van der Waals surface area contributed by atoms with Crippen LogP contribution >= 0.6 is 11.6 Å². The quantitative estimate of drug-likeness (QED) is 0.895. The first-order valence-electron chi connectivity index (χ1n) is 6.14. The van der Waals surface area contributed by atoms with Crippen molar-refractivity contribution in [3.63, 3.8) is 0 Å². The van der Waals surface area contributed by atoms with E-state index in [9.17, 15) is 0 Å². The van der Waals surface area contributed by atoms with E-state index in [0.717, 1.165) is 23.4 Å². The first-order chi connectivity index (χ1) is 8.81. The first kappa shape index (κ1) is 13.1.